The molecule has 1 aliphatic heterocycles. The molecule has 2 fully saturated rings. The first-order valence-corrected chi connectivity index (χ1v) is 9.05. The SMILES string of the molecule is O=C(C1CCCCC1)N1CCCC(c2nc3ccccc3[nH]2)C1. The van der Waals surface area contributed by atoms with Crippen LogP contribution in [-0.4, -0.2) is 33.9 Å². The van der Waals surface area contributed by atoms with Crippen LogP contribution < -0.4 is 0 Å². The van der Waals surface area contributed by atoms with Gasteiger partial charge in [-0.3, -0.25) is 4.79 Å². The van der Waals surface area contributed by atoms with Gasteiger partial charge in [0, 0.05) is 24.9 Å². The molecule has 4 rings (SSSR count). The molecular weight excluding hydrogens is 286 g/mol. The summed E-state index contributed by atoms with van der Waals surface area (Å²) in [6.45, 7) is 1.75. The Hall–Kier alpha value is -1.84. The maximum atomic E-state index is 12.8. The highest BCUT2D eigenvalue weighted by Crippen LogP contribution is 2.30. The van der Waals surface area contributed by atoms with Gasteiger partial charge in [-0.25, -0.2) is 4.98 Å². The molecule has 2 aliphatic rings. The van der Waals surface area contributed by atoms with E-state index in [9.17, 15) is 4.79 Å². The second kappa shape index (κ2) is 6.34. The predicted molar refractivity (Wildman–Crippen MR) is 91.2 cm³/mol. The van der Waals surface area contributed by atoms with Crippen molar-refractivity contribution in [3.63, 3.8) is 0 Å². The van der Waals surface area contributed by atoms with E-state index < -0.39 is 0 Å². The van der Waals surface area contributed by atoms with Crippen LogP contribution in [0.4, 0.5) is 0 Å². The van der Waals surface area contributed by atoms with E-state index in [0.29, 0.717) is 11.8 Å². The Balaban J connectivity index is 1.48. The van der Waals surface area contributed by atoms with Crippen LogP contribution in [0, 0.1) is 5.92 Å². The number of nitrogens with zero attached hydrogens (tertiary/aromatic N) is 2. The van der Waals surface area contributed by atoms with Gasteiger partial charge in [0.15, 0.2) is 0 Å². The number of aromatic amines is 1. The predicted octanol–water partition coefficient (Wildman–Crippen LogP) is 3.85. The molecule has 1 amide bonds. The average molecular weight is 311 g/mol. The summed E-state index contributed by atoms with van der Waals surface area (Å²) >= 11 is 0. The fraction of sp³-hybridized carbons (Fsp3) is 0.579. The summed E-state index contributed by atoms with van der Waals surface area (Å²) in [6.07, 6.45) is 8.11. The van der Waals surface area contributed by atoms with Crippen molar-refractivity contribution in [3.05, 3.63) is 30.1 Å². The number of nitrogens with one attached hydrogen (secondary N) is 1. The van der Waals surface area contributed by atoms with Crippen LogP contribution in [-0.2, 0) is 4.79 Å². The number of imidazole rings is 1. The zero-order valence-corrected chi connectivity index (χ0v) is 13.6. The van der Waals surface area contributed by atoms with Crippen LogP contribution in [0.2, 0.25) is 0 Å². The molecule has 1 saturated carbocycles. The fourth-order valence-electron chi connectivity index (χ4n) is 4.17. The zero-order valence-electron chi connectivity index (χ0n) is 13.6. The van der Waals surface area contributed by atoms with Crippen molar-refractivity contribution in [2.24, 2.45) is 5.92 Å². The second-order valence-corrected chi connectivity index (χ2v) is 7.10. The van der Waals surface area contributed by atoms with Crippen LogP contribution in [0.5, 0.6) is 0 Å². The van der Waals surface area contributed by atoms with Gasteiger partial charge in [0.05, 0.1) is 11.0 Å². The second-order valence-electron chi connectivity index (χ2n) is 7.10. The number of carbonyl (C=O) groups is 1. The summed E-state index contributed by atoms with van der Waals surface area (Å²) in [7, 11) is 0. The monoisotopic (exact) mass is 311 g/mol. The third-order valence-electron chi connectivity index (χ3n) is 5.48. The van der Waals surface area contributed by atoms with Crippen molar-refractivity contribution in [1.29, 1.82) is 0 Å². The third-order valence-corrected chi connectivity index (χ3v) is 5.48. The van der Waals surface area contributed by atoms with Crippen molar-refractivity contribution in [3.8, 4) is 0 Å². The molecule has 0 spiro atoms. The lowest BCUT2D eigenvalue weighted by Crippen LogP contribution is -2.43. The molecule has 1 aromatic heterocycles. The number of hydrogen-bond acceptors (Lipinski definition) is 2. The minimum Gasteiger partial charge on any atom is -0.342 e. The fourth-order valence-corrected chi connectivity index (χ4v) is 4.17. The number of aromatic nitrogens is 2. The van der Waals surface area contributed by atoms with E-state index in [-0.39, 0.29) is 5.92 Å². The van der Waals surface area contributed by atoms with E-state index in [1.165, 1.54) is 19.3 Å². The Morgan fingerprint density at radius 3 is 2.74 bits per heavy atom. The molecule has 1 N–H and O–H groups in total. The maximum absolute atomic E-state index is 12.8. The lowest BCUT2D eigenvalue weighted by atomic mass is 9.87. The number of hydrogen-bond donors (Lipinski definition) is 1. The molecule has 2 aromatic rings. The Morgan fingerprint density at radius 2 is 1.91 bits per heavy atom. The number of benzene rings is 1. The number of likely N-dealkylation sites (tertiary alicyclic amines) is 1. The van der Waals surface area contributed by atoms with Crippen molar-refractivity contribution < 1.29 is 4.79 Å². The summed E-state index contributed by atoms with van der Waals surface area (Å²) in [5.41, 5.74) is 2.12. The van der Waals surface area contributed by atoms with E-state index in [4.69, 9.17) is 4.98 Å². The van der Waals surface area contributed by atoms with Crippen LogP contribution >= 0.6 is 0 Å². The maximum Gasteiger partial charge on any atom is 0.225 e. The topological polar surface area (TPSA) is 49.0 Å². The molecule has 4 nitrogen and oxygen atoms in total. The number of H-pyrrole nitrogens is 1. The molecule has 23 heavy (non-hydrogen) atoms. The Bertz CT molecular complexity index is 654. The Labute approximate surface area is 137 Å². The molecule has 0 radical (unpaired) electrons. The molecule has 2 heterocycles. The first-order chi connectivity index (χ1) is 11.3. The lowest BCUT2D eigenvalue weighted by Gasteiger charge is -2.35. The number of piperidine rings is 1. The number of amides is 1. The van der Waals surface area contributed by atoms with Gasteiger partial charge in [0.1, 0.15) is 5.82 Å². The van der Waals surface area contributed by atoms with Gasteiger partial charge in [-0.15, -0.1) is 0 Å². The molecule has 1 atom stereocenters. The molecule has 122 valence electrons. The number of rotatable bonds is 2. The summed E-state index contributed by atoms with van der Waals surface area (Å²) in [5.74, 6) is 2.07. The summed E-state index contributed by atoms with van der Waals surface area (Å²) in [4.78, 5) is 23.1. The van der Waals surface area contributed by atoms with Crippen LogP contribution in [0.3, 0.4) is 0 Å². The molecule has 1 unspecified atom stereocenters. The smallest absolute Gasteiger partial charge is 0.225 e. The molecule has 4 heteroatoms. The van der Waals surface area contributed by atoms with Crippen LogP contribution in [0.25, 0.3) is 11.0 Å². The molecule has 0 bridgehead atoms. The van der Waals surface area contributed by atoms with Gasteiger partial charge in [0.2, 0.25) is 5.91 Å². The molecule has 1 aromatic carbocycles. The van der Waals surface area contributed by atoms with Crippen molar-refractivity contribution in [2.75, 3.05) is 13.1 Å². The highest BCUT2D eigenvalue weighted by Gasteiger charge is 2.31. The minimum absolute atomic E-state index is 0.276. The van der Waals surface area contributed by atoms with E-state index in [2.05, 4.69) is 16.0 Å². The summed E-state index contributed by atoms with van der Waals surface area (Å²) < 4.78 is 0. The normalized spacial score (nSPS) is 23.3. The highest BCUT2D eigenvalue weighted by molar-refractivity contribution is 5.79. The third kappa shape index (κ3) is 2.99. The number of carbonyl (C=O) groups excluding carboxylic acids is 1. The van der Waals surface area contributed by atoms with E-state index >= 15 is 0 Å². The Kier molecular flexibility index (Phi) is 4.06. The summed E-state index contributed by atoms with van der Waals surface area (Å²) in [6, 6.07) is 8.17. The van der Waals surface area contributed by atoms with Gasteiger partial charge in [0.25, 0.3) is 0 Å². The van der Waals surface area contributed by atoms with E-state index in [1.54, 1.807) is 0 Å². The molecular formula is C19H25N3O. The van der Waals surface area contributed by atoms with E-state index in [1.807, 2.05) is 18.2 Å². The molecule has 1 aliphatic carbocycles. The van der Waals surface area contributed by atoms with Gasteiger partial charge in [-0.1, -0.05) is 31.4 Å². The molecule has 1 saturated heterocycles. The standard InChI is InChI=1S/C19H25N3O/c23-19(14-7-2-1-3-8-14)22-12-6-9-15(13-22)18-20-16-10-4-5-11-17(16)21-18/h4-5,10-11,14-15H,1-3,6-9,12-13H2,(H,20,21). The van der Waals surface area contributed by atoms with Crippen LogP contribution in [0.1, 0.15) is 56.7 Å². The quantitative estimate of drug-likeness (QED) is 0.916. The first-order valence-electron chi connectivity index (χ1n) is 9.05. The average Bonchev–Trinajstić information content (AvgIpc) is 3.06. The minimum atomic E-state index is 0.276. The lowest BCUT2D eigenvalue weighted by molar-refractivity contribution is -0.137. The van der Waals surface area contributed by atoms with Gasteiger partial charge in [-0.2, -0.15) is 0 Å². The van der Waals surface area contributed by atoms with Gasteiger partial charge >= 0.3 is 0 Å². The Morgan fingerprint density at radius 1 is 1.09 bits per heavy atom. The van der Waals surface area contributed by atoms with Gasteiger partial charge < -0.3 is 9.88 Å². The van der Waals surface area contributed by atoms with Crippen molar-refractivity contribution >= 4 is 16.9 Å². The van der Waals surface area contributed by atoms with Crippen molar-refractivity contribution in [2.45, 2.75) is 50.9 Å². The highest BCUT2D eigenvalue weighted by atomic mass is 16.2. The van der Waals surface area contributed by atoms with Crippen molar-refractivity contribution in [1.82, 2.24) is 14.9 Å². The largest absolute Gasteiger partial charge is 0.342 e. The zero-order chi connectivity index (χ0) is 15.6. The van der Waals surface area contributed by atoms with Gasteiger partial charge in [-0.05, 0) is 37.8 Å². The number of fused-ring (bicyclic) bond motifs is 1. The number of para-hydroxylation sites is 2. The van der Waals surface area contributed by atoms with Crippen LogP contribution in [0.15, 0.2) is 24.3 Å². The summed E-state index contributed by atoms with van der Waals surface area (Å²) in [5, 5.41) is 0. The first kappa shape index (κ1) is 14.7. The van der Waals surface area contributed by atoms with E-state index in [0.717, 1.165) is 55.6 Å².